The van der Waals surface area contributed by atoms with Gasteiger partial charge in [-0.2, -0.15) is 0 Å². The number of hydrogen-bond donors (Lipinski definition) is 1. The Labute approximate surface area is 169 Å². The normalized spacial score (nSPS) is 17.8. The standard InChI is InChI=1S/C22H23ClN2O3/c1-14-11-15(2)20-18(12-14)19(26)13-22(28-20)7-9-25(10-8-22)21(27)24-17-5-3-16(23)4-6-17/h3-6,11-12H,7-10,13H2,1-2H3,(H,24,27). The molecule has 0 aromatic heterocycles. The lowest BCUT2D eigenvalue weighted by molar-refractivity contribution is -0.000158. The molecule has 5 nitrogen and oxygen atoms in total. The van der Waals surface area contributed by atoms with E-state index in [1.54, 1.807) is 29.2 Å². The van der Waals surface area contributed by atoms with E-state index in [1.165, 1.54) is 0 Å². The van der Waals surface area contributed by atoms with E-state index in [2.05, 4.69) is 5.32 Å². The fourth-order valence-electron chi connectivity index (χ4n) is 4.07. The lowest BCUT2D eigenvalue weighted by atomic mass is 9.81. The number of hydrogen-bond acceptors (Lipinski definition) is 3. The van der Waals surface area contributed by atoms with E-state index in [1.807, 2.05) is 26.0 Å². The summed E-state index contributed by atoms with van der Waals surface area (Å²) in [7, 11) is 0. The summed E-state index contributed by atoms with van der Waals surface area (Å²) in [4.78, 5) is 27.1. The number of anilines is 1. The molecule has 2 aliphatic heterocycles. The van der Waals surface area contributed by atoms with Crippen LogP contribution in [0.2, 0.25) is 5.02 Å². The molecule has 0 atom stereocenters. The third kappa shape index (κ3) is 3.59. The highest BCUT2D eigenvalue weighted by Crippen LogP contribution is 2.41. The maximum absolute atomic E-state index is 12.8. The van der Waals surface area contributed by atoms with E-state index in [0.717, 1.165) is 11.1 Å². The molecule has 2 aliphatic rings. The van der Waals surface area contributed by atoms with E-state index < -0.39 is 5.60 Å². The number of halogens is 1. The van der Waals surface area contributed by atoms with Crippen molar-refractivity contribution in [2.45, 2.75) is 38.7 Å². The Bertz CT molecular complexity index is 932. The molecule has 1 saturated heterocycles. The second kappa shape index (κ2) is 7.13. The number of carbonyl (C=O) groups is 2. The lowest BCUT2D eigenvalue weighted by Gasteiger charge is -2.44. The van der Waals surface area contributed by atoms with Crippen LogP contribution in [-0.2, 0) is 0 Å². The molecule has 1 N–H and O–H groups in total. The van der Waals surface area contributed by atoms with Crippen LogP contribution in [0.1, 0.15) is 40.7 Å². The van der Waals surface area contributed by atoms with E-state index in [9.17, 15) is 9.59 Å². The second-order valence-corrected chi connectivity index (χ2v) is 8.20. The Kier molecular flexibility index (Phi) is 4.79. The molecule has 0 bridgehead atoms. The summed E-state index contributed by atoms with van der Waals surface area (Å²) in [5.74, 6) is 0.841. The van der Waals surface area contributed by atoms with Gasteiger partial charge < -0.3 is 15.0 Å². The smallest absolute Gasteiger partial charge is 0.321 e. The number of rotatable bonds is 1. The highest BCUT2D eigenvalue weighted by atomic mass is 35.5. The molecule has 0 unspecified atom stereocenters. The highest BCUT2D eigenvalue weighted by Gasteiger charge is 2.44. The molecule has 146 valence electrons. The van der Waals surface area contributed by atoms with Gasteiger partial charge in [-0.3, -0.25) is 4.79 Å². The van der Waals surface area contributed by atoms with Crippen molar-refractivity contribution in [2.75, 3.05) is 18.4 Å². The van der Waals surface area contributed by atoms with Crippen LogP contribution in [0.4, 0.5) is 10.5 Å². The second-order valence-electron chi connectivity index (χ2n) is 7.77. The molecule has 1 fully saturated rings. The zero-order valence-electron chi connectivity index (χ0n) is 16.0. The van der Waals surface area contributed by atoms with Crippen LogP contribution in [0.3, 0.4) is 0 Å². The van der Waals surface area contributed by atoms with Crippen LogP contribution in [0, 0.1) is 13.8 Å². The zero-order chi connectivity index (χ0) is 19.9. The van der Waals surface area contributed by atoms with Gasteiger partial charge in [0.15, 0.2) is 5.78 Å². The van der Waals surface area contributed by atoms with Gasteiger partial charge in [0, 0.05) is 36.6 Å². The summed E-state index contributed by atoms with van der Waals surface area (Å²) in [5, 5.41) is 3.52. The number of carbonyl (C=O) groups excluding carboxylic acids is 2. The first kappa shape index (κ1) is 18.8. The number of amides is 2. The highest BCUT2D eigenvalue weighted by molar-refractivity contribution is 6.30. The number of piperidine rings is 1. The largest absolute Gasteiger partial charge is 0.486 e. The van der Waals surface area contributed by atoms with Crippen molar-refractivity contribution >= 4 is 29.1 Å². The Hall–Kier alpha value is -2.53. The molecule has 2 aromatic carbocycles. The van der Waals surface area contributed by atoms with E-state index in [-0.39, 0.29) is 11.8 Å². The average Bonchev–Trinajstić information content (AvgIpc) is 2.65. The average molecular weight is 399 g/mol. The van der Waals surface area contributed by atoms with Gasteiger partial charge in [-0.1, -0.05) is 17.7 Å². The fourth-order valence-corrected chi connectivity index (χ4v) is 4.20. The van der Waals surface area contributed by atoms with E-state index in [4.69, 9.17) is 16.3 Å². The molecule has 0 aliphatic carbocycles. The molecular weight excluding hydrogens is 376 g/mol. The predicted molar refractivity (Wildman–Crippen MR) is 110 cm³/mol. The summed E-state index contributed by atoms with van der Waals surface area (Å²) < 4.78 is 6.38. The molecule has 28 heavy (non-hydrogen) atoms. The van der Waals surface area contributed by atoms with Crippen molar-refractivity contribution in [3.05, 3.63) is 58.1 Å². The van der Waals surface area contributed by atoms with Gasteiger partial charge in [0.1, 0.15) is 11.4 Å². The maximum Gasteiger partial charge on any atom is 0.321 e. The van der Waals surface area contributed by atoms with Crippen LogP contribution < -0.4 is 10.1 Å². The minimum Gasteiger partial charge on any atom is -0.486 e. The van der Waals surface area contributed by atoms with Crippen molar-refractivity contribution in [1.29, 1.82) is 0 Å². The molecule has 0 radical (unpaired) electrons. The number of urea groups is 1. The number of Topliss-reactive ketones (excluding diaryl/α,β-unsaturated/α-hetero) is 1. The Morgan fingerprint density at radius 1 is 1.14 bits per heavy atom. The Morgan fingerprint density at radius 3 is 2.50 bits per heavy atom. The molecule has 4 rings (SSSR count). The maximum atomic E-state index is 12.8. The summed E-state index contributed by atoms with van der Waals surface area (Å²) >= 11 is 5.88. The van der Waals surface area contributed by atoms with Crippen molar-refractivity contribution in [2.24, 2.45) is 0 Å². The summed E-state index contributed by atoms with van der Waals surface area (Å²) in [6, 6.07) is 10.8. The molecule has 2 aromatic rings. The van der Waals surface area contributed by atoms with E-state index in [0.29, 0.717) is 54.4 Å². The Morgan fingerprint density at radius 2 is 1.82 bits per heavy atom. The number of ketones is 1. The number of likely N-dealkylation sites (tertiary alicyclic amines) is 1. The number of aryl methyl sites for hydroxylation is 2. The molecule has 2 amide bonds. The quantitative estimate of drug-likeness (QED) is 0.736. The van der Waals surface area contributed by atoms with Gasteiger partial charge >= 0.3 is 6.03 Å². The first-order valence-electron chi connectivity index (χ1n) is 9.50. The van der Waals surface area contributed by atoms with Crippen LogP contribution in [0.25, 0.3) is 0 Å². The SMILES string of the molecule is Cc1cc(C)c2c(c1)C(=O)CC1(CCN(C(=O)Nc3ccc(Cl)cc3)CC1)O2. The number of fused-ring (bicyclic) bond motifs is 1. The van der Waals surface area contributed by atoms with Gasteiger partial charge in [-0.25, -0.2) is 4.79 Å². The van der Waals surface area contributed by atoms with E-state index >= 15 is 0 Å². The summed E-state index contributed by atoms with van der Waals surface area (Å²) in [5.41, 5.74) is 2.94. The van der Waals surface area contributed by atoms with Gasteiger partial charge in [0.25, 0.3) is 0 Å². The molecule has 1 spiro atoms. The van der Waals surface area contributed by atoms with Gasteiger partial charge in [-0.05, 0) is 55.3 Å². The minimum absolute atomic E-state index is 0.132. The zero-order valence-corrected chi connectivity index (χ0v) is 16.8. The number of benzene rings is 2. The first-order chi connectivity index (χ1) is 13.3. The van der Waals surface area contributed by atoms with Crippen molar-refractivity contribution in [3.63, 3.8) is 0 Å². The third-order valence-electron chi connectivity index (χ3n) is 5.58. The predicted octanol–water partition coefficient (Wildman–Crippen LogP) is 4.99. The fraction of sp³-hybridized carbons (Fsp3) is 0.364. The van der Waals surface area contributed by atoms with Crippen LogP contribution in [-0.4, -0.2) is 35.4 Å². The Balaban J connectivity index is 1.44. The minimum atomic E-state index is -0.513. The van der Waals surface area contributed by atoms with Crippen LogP contribution >= 0.6 is 11.6 Å². The summed E-state index contributed by atoms with van der Waals surface area (Å²) in [6.45, 7) is 5.06. The van der Waals surface area contributed by atoms with Gasteiger partial charge in [-0.15, -0.1) is 0 Å². The molecule has 2 heterocycles. The molecule has 0 saturated carbocycles. The van der Waals surface area contributed by atoms with Gasteiger partial charge in [0.2, 0.25) is 0 Å². The van der Waals surface area contributed by atoms with Crippen molar-refractivity contribution in [1.82, 2.24) is 4.90 Å². The van der Waals surface area contributed by atoms with Gasteiger partial charge in [0.05, 0.1) is 12.0 Å². The molecular formula is C22H23ClN2O3. The summed E-state index contributed by atoms with van der Waals surface area (Å²) in [6.07, 6.45) is 1.65. The lowest BCUT2D eigenvalue weighted by Crippen LogP contribution is -2.53. The number of nitrogens with zero attached hydrogens (tertiary/aromatic N) is 1. The molecule has 6 heteroatoms. The van der Waals surface area contributed by atoms with Crippen molar-refractivity contribution < 1.29 is 14.3 Å². The van der Waals surface area contributed by atoms with Crippen LogP contribution in [0.15, 0.2) is 36.4 Å². The van der Waals surface area contributed by atoms with Crippen LogP contribution in [0.5, 0.6) is 5.75 Å². The monoisotopic (exact) mass is 398 g/mol. The first-order valence-corrected chi connectivity index (χ1v) is 9.88. The van der Waals surface area contributed by atoms with Crippen molar-refractivity contribution in [3.8, 4) is 5.75 Å². The topological polar surface area (TPSA) is 58.6 Å². The number of ether oxygens (including phenoxy) is 1. The number of nitrogens with one attached hydrogen (secondary N) is 1. The third-order valence-corrected chi connectivity index (χ3v) is 5.83.